The number of aromatic nitrogens is 2. The molecule has 1 aromatic heterocycles. The van der Waals surface area contributed by atoms with Gasteiger partial charge in [0.15, 0.2) is 5.78 Å². The van der Waals surface area contributed by atoms with E-state index in [-0.39, 0.29) is 10.8 Å². The molecule has 0 aliphatic rings. The van der Waals surface area contributed by atoms with Crippen molar-refractivity contribution in [3.05, 3.63) is 51.8 Å². The third-order valence-corrected chi connectivity index (χ3v) is 3.23. The lowest BCUT2D eigenvalue weighted by Crippen LogP contribution is -2.01. The lowest BCUT2D eigenvalue weighted by atomic mass is 10.1. The fourth-order valence-corrected chi connectivity index (χ4v) is 1.87. The zero-order valence-electron chi connectivity index (χ0n) is 9.15. The van der Waals surface area contributed by atoms with Crippen LogP contribution < -0.4 is 0 Å². The van der Waals surface area contributed by atoms with Crippen molar-refractivity contribution in [2.75, 3.05) is 0 Å². The number of benzene rings is 1. The molecule has 0 saturated carbocycles. The Morgan fingerprint density at radius 3 is 2.82 bits per heavy atom. The second-order valence-corrected chi connectivity index (χ2v) is 4.30. The van der Waals surface area contributed by atoms with Crippen LogP contribution in [-0.4, -0.2) is 15.6 Å². The number of carbonyl (C=O) groups is 1. The third-order valence-electron chi connectivity index (χ3n) is 2.42. The maximum atomic E-state index is 12.2. The second-order valence-electron chi connectivity index (χ2n) is 3.52. The van der Waals surface area contributed by atoms with Crippen LogP contribution in [-0.2, 0) is 6.54 Å². The van der Waals surface area contributed by atoms with E-state index in [0.29, 0.717) is 16.1 Å². The molecule has 1 heterocycles. The lowest BCUT2D eigenvalue weighted by Gasteiger charge is -2.02. The molecule has 0 radical (unpaired) electrons. The van der Waals surface area contributed by atoms with Gasteiger partial charge >= 0.3 is 0 Å². The van der Waals surface area contributed by atoms with E-state index >= 15 is 0 Å². The molecule has 0 fully saturated rings. The van der Waals surface area contributed by atoms with E-state index in [1.807, 2.05) is 6.92 Å². The largest absolute Gasteiger partial charge is 0.288 e. The van der Waals surface area contributed by atoms with Gasteiger partial charge in [-0.2, -0.15) is 5.10 Å². The number of hydrogen-bond donors (Lipinski definition) is 0. The highest BCUT2D eigenvalue weighted by Crippen LogP contribution is 2.27. The highest BCUT2D eigenvalue weighted by atomic mass is 35.5. The van der Waals surface area contributed by atoms with Gasteiger partial charge in [0.05, 0.1) is 21.8 Å². The van der Waals surface area contributed by atoms with Crippen LogP contribution >= 0.6 is 23.2 Å². The molecule has 1 aromatic carbocycles. The molecule has 2 aromatic rings. The summed E-state index contributed by atoms with van der Waals surface area (Å²) >= 11 is 11.9. The SMILES string of the molecule is CCn1cc(C(=O)c2cccc(Cl)c2Cl)cn1. The minimum atomic E-state index is -0.169. The number of halogens is 2. The predicted molar refractivity (Wildman–Crippen MR) is 67.8 cm³/mol. The van der Waals surface area contributed by atoms with Crippen LogP contribution in [0.3, 0.4) is 0 Å². The molecule has 5 heteroatoms. The van der Waals surface area contributed by atoms with E-state index in [4.69, 9.17) is 23.2 Å². The quantitative estimate of drug-likeness (QED) is 0.800. The highest BCUT2D eigenvalue weighted by Gasteiger charge is 2.15. The maximum Gasteiger partial charge on any atom is 0.197 e. The van der Waals surface area contributed by atoms with Gasteiger partial charge in [-0.15, -0.1) is 0 Å². The molecule has 0 aliphatic carbocycles. The summed E-state index contributed by atoms with van der Waals surface area (Å²) < 4.78 is 1.69. The molecule has 0 amide bonds. The van der Waals surface area contributed by atoms with Crippen LogP contribution in [0.2, 0.25) is 10.0 Å². The maximum absolute atomic E-state index is 12.2. The van der Waals surface area contributed by atoms with E-state index in [9.17, 15) is 4.79 Å². The van der Waals surface area contributed by atoms with Crippen molar-refractivity contribution >= 4 is 29.0 Å². The van der Waals surface area contributed by atoms with Gasteiger partial charge in [-0.25, -0.2) is 0 Å². The molecule has 0 saturated heterocycles. The first-order chi connectivity index (χ1) is 8.13. The van der Waals surface area contributed by atoms with Crippen molar-refractivity contribution in [2.24, 2.45) is 0 Å². The fraction of sp³-hybridized carbons (Fsp3) is 0.167. The second kappa shape index (κ2) is 4.90. The summed E-state index contributed by atoms with van der Waals surface area (Å²) in [6, 6.07) is 5.00. The van der Waals surface area contributed by atoms with Crippen molar-refractivity contribution < 1.29 is 4.79 Å². The molecule has 0 bridgehead atoms. The Kier molecular flexibility index (Phi) is 3.50. The van der Waals surface area contributed by atoms with E-state index in [1.165, 1.54) is 6.20 Å². The highest BCUT2D eigenvalue weighted by molar-refractivity contribution is 6.44. The first-order valence-corrected chi connectivity index (χ1v) is 5.90. The summed E-state index contributed by atoms with van der Waals surface area (Å²) in [5.41, 5.74) is 0.908. The number of nitrogens with zero attached hydrogens (tertiary/aromatic N) is 2. The van der Waals surface area contributed by atoms with Gasteiger partial charge in [-0.3, -0.25) is 9.48 Å². The molecular weight excluding hydrogens is 259 g/mol. The van der Waals surface area contributed by atoms with Crippen LogP contribution in [0.1, 0.15) is 22.8 Å². The van der Waals surface area contributed by atoms with Gasteiger partial charge in [-0.05, 0) is 19.1 Å². The van der Waals surface area contributed by atoms with E-state index in [2.05, 4.69) is 5.10 Å². The van der Waals surface area contributed by atoms with Gasteiger partial charge in [0.2, 0.25) is 0 Å². The smallest absolute Gasteiger partial charge is 0.197 e. The molecule has 0 aliphatic heterocycles. The Labute approximate surface area is 109 Å². The molecule has 2 rings (SSSR count). The summed E-state index contributed by atoms with van der Waals surface area (Å²) in [6.45, 7) is 2.67. The Morgan fingerprint density at radius 2 is 2.18 bits per heavy atom. The summed E-state index contributed by atoms with van der Waals surface area (Å²) in [7, 11) is 0. The monoisotopic (exact) mass is 268 g/mol. The third kappa shape index (κ3) is 2.35. The van der Waals surface area contributed by atoms with Crippen LogP contribution in [0.25, 0.3) is 0 Å². The molecular formula is C12H10Cl2N2O. The van der Waals surface area contributed by atoms with Crippen molar-refractivity contribution in [2.45, 2.75) is 13.5 Å². The normalized spacial score (nSPS) is 10.5. The van der Waals surface area contributed by atoms with Crippen LogP contribution in [0.4, 0.5) is 0 Å². The van der Waals surface area contributed by atoms with Gasteiger partial charge in [-0.1, -0.05) is 29.3 Å². The first-order valence-electron chi connectivity index (χ1n) is 5.14. The average Bonchev–Trinajstić information content (AvgIpc) is 2.80. The first kappa shape index (κ1) is 12.1. The van der Waals surface area contributed by atoms with Crippen LogP contribution in [0, 0.1) is 0 Å². The molecule has 3 nitrogen and oxygen atoms in total. The number of ketones is 1. The van der Waals surface area contributed by atoms with Crippen molar-refractivity contribution in [1.82, 2.24) is 9.78 Å². The van der Waals surface area contributed by atoms with Crippen molar-refractivity contribution in [3.8, 4) is 0 Å². The number of rotatable bonds is 3. The van der Waals surface area contributed by atoms with E-state index < -0.39 is 0 Å². The zero-order chi connectivity index (χ0) is 12.4. The molecule has 0 atom stereocenters. The summed E-state index contributed by atoms with van der Waals surface area (Å²) in [4.78, 5) is 12.2. The average molecular weight is 269 g/mol. The summed E-state index contributed by atoms with van der Waals surface area (Å²) in [5, 5.41) is 4.71. The van der Waals surface area contributed by atoms with Crippen molar-refractivity contribution in [3.63, 3.8) is 0 Å². The van der Waals surface area contributed by atoms with Gasteiger partial charge in [0, 0.05) is 18.3 Å². The Balaban J connectivity index is 2.40. The minimum absolute atomic E-state index is 0.169. The van der Waals surface area contributed by atoms with Crippen molar-refractivity contribution in [1.29, 1.82) is 0 Å². The zero-order valence-corrected chi connectivity index (χ0v) is 10.7. The molecule has 17 heavy (non-hydrogen) atoms. The van der Waals surface area contributed by atoms with Gasteiger partial charge < -0.3 is 0 Å². The van der Waals surface area contributed by atoms with E-state index in [0.717, 1.165) is 6.54 Å². The summed E-state index contributed by atoms with van der Waals surface area (Å²) in [6.07, 6.45) is 3.22. The van der Waals surface area contributed by atoms with Gasteiger partial charge in [0.25, 0.3) is 0 Å². The van der Waals surface area contributed by atoms with Crippen LogP contribution in [0.15, 0.2) is 30.6 Å². The Morgan fingerprint density at radius 1 is 1.41 bits per heavy atom. The molecule has 0 unspecified atom stereocenters. The number of hydrogen-bond acceptors (Lipinski definition) is 2. The predicted octanol–water partition coefficient (Wildman–Crippen LogP) is 3.44. The lowest BCUT2D eigenvalue weighted by molar-refractivity contribution is 0.103. The number of carbonyl (C=O) groups excluding carboxylic acids is 1. The fourth-order valence-electron chi connectivity index (χ4n) is 1.49. The topological polar surface area (TPSA) is 34.9 Å². The minimum Gasteiger partial charge on any atom is -0.288 e. The molecule has 88 valence electrons. The molecule has 0 spiro atoms. The number of aryl methyl sites for hydroxylation is 1. The molecule has 0 N–H and O–H groups in total. The van der Waals surface area contributed by atoms with Gasteiger partial charge in [0.1, 0.15) is 0 Å². The summed E-state index contributed by atoms with van der Waals surface area (Å²) in [5.74, 6) is -0.169. The van der Waals surface area contributed by atoms with Crippen LogP contribution in [0.5, 0.6) is 0 Å². The Hall–Kier alpha value is -1.32. The standard InChI is InChI=1S/C12H10Cl2N2O/c1-2-16-7-8(6-15-16)12(17)9-4-3-5-10(13)11(9)14/h3-7H,2H2,1H3. The Bertz CT molecular complexity index is 563. The van der Waals surface area contributed by atoms with E-state index in [1.54, 1.807) is 29.1 Å².